The molecule has 2 nitrogen and oxygen atoms in total. The summed E-state index contributed by atoms with van der Waals surface area (Å²) in [6.07, 6.45) is 0.989. The number of rotatable bonds is 5. The Labute approximate surface area is 86.3 Å². The zero-order valence-electron chi connectivity index (χ0n) is 9.21. The number of hydrogen-bond acceptors (Lipinski definition) is 2. The van der Waals surface area contributed by atoms with Crippen molar-refractivity contribution >= 4 is 0 Å². The maximum Gasteiger partial charge on any atom is 0.120 e. The third-order valence-corrected chi connectivity index (χ3v) is 2.41. The second-order valence-corrected chi connectivity index (χ2v) is 3.75. The molecule has 1 aromatic rings. The van der Waals surface area contributed by atoms with Gasteiger partial charge in [0.05, 0.1) is 0 Å². The predicted molar refractivity (Wildman–Crippen MR) is 59.7 cm³/mol. The largest absolute Gasteiger partial charge is 0.486 e. The maximum absolute atomic E-state index is 5.93. The molecular weight excluding hydrogens is 174 g/mol. The van der Waals surface area contributed by atoms with E-state index in [1.165, 1.54) is 0 Å². The average molecular weight is 193 g/mol. The van der Waals surface area contributed by atoms with E-state index in [1.54, 1.807) is 0 Å². The molecule has 1 atom stereocenters. The van der Waals surface area contributed by atoms with Gasteiger partial charge in [0.15, 0.2) is 0 Å². The molecule has 0 aliphatic rings. The molecule has 1 unspecified atom stereocenters. The third kappa shape index (κ3) is 3.04. The quantitative estimate of drug-likeness (QED) is 0.775. The molecule has 0 aromatic heterocycles. The minimum absolute atomic E-state index is 0.115. The zero-order valence-corrected chi connectivity index (χ0v) is 9.21. The van der Waals surface area contributed by atoms with Crippen LogP contribution in [0.3, 0.4) is 0 Å². The smallest absolute Gasteiger partial charge is 0.120 e. The van der Waals surface area contributed by atoms with Gasteiger partial charge in [-0.3, -0.25) is 0 Å². The first-order valence-corrected chi connectivity index (χ1v) is 5.09. The number of hydrogen-bond donors (Lipinski definition) is 1. The number of ether oxygens (including phenoxy) is 1. The highest BCUT2D eigenvalue weighted by molar-refractivity contribution is 5.22. The summed E-state index contributed by atoms with van der Waals surface area (Å²) >= 11 is 0. The molecule has 2 heteroatoms. The molecular formula is C12H19NO. The van der Waals surface area contributed by atoms with Crippen molar-refractivity contribution in [3.63, 3.8) is 0 Å². The van der Waals surface area contributed by atoms with E-state index in [9.17, 15) is 0 Å². The SMILES string of the molecule is CCC(C)(CNC)Oc1ccccc1. The molecule has 78 valence electrons. The molecule has 0 radical (unpaired) electrons. The highest BCUT2D eigenvalue weighted by atomic mass is 16.5. The predicted octanol–water partition coefficient (Wildman–Crippen LogP) is 2.45. The molecule has 14 heavy (non-hydrogen) atoms. The number of nitrogens with one attached hydrogen (secondary N) is 1. The van der Waals surface area contributed by atoms with Crippen molar-refractivity contribution in [2.45, 2.75) is 25.9 Å². The van der Waals surface area contributed by atoms with Crippen LogP contribution in [0.15, 0.2) is 30.3 Å². The Bertz CT molecular complexity index is 260. The number of likely N-dealkylation sites (N-methyl/N-ethyl adjacent to an activating group) is 1. The summed E-state index contributed by atoms with van der Waals surface area (Å²) in [6.45, 7) is 5.12. The number of benzene rings is 1. The van der Waals surface area contributed by atoms with Crippen molar-refractivity contribution in [3.8, 4) is 5.75 Å². The first-order chi connectivity index (χ1) is 6.70. The van der Waals surface area contributed by atoms with E-state index in [2.05, 4.69) is 19.2 Å². The fraction of sp³-hybridized carbons (Fsp3) is 0.500. The van der Waals surface area contributed by atoms with Crippen LogP contribution >= 0.6 is 0 Å². The molecule has 0 aliphatic carbocycles. The standard InChI is InChI=1S/C12H19NO/c1-4-12(2,10-13-3)14-11-8-6-5-7-9-11/h5-9,13H,4,10H2,1-3H3. The molecule has 0 heterocycles. The van der Waals surface area contributed by atoms with Crippen LogP contribution in [-0.4, -0.2) is 19.2 Å². The summed E-state index contributed by atoms with van der Waals surface area (Å²) in [7, 11) is 1.95. The summed E-state index contributed by atoms with van der Waals surface area (Å²) in [4.78, 5) is 0. The van der Waals surface area contributed by atoms with E-state index in [0.717, 1.165) is 18.7 Å². The zero-order chi connectivity index (χ0) is 10.4. The van der Waals surface area contributed by atoms with Gasteiger partial charge in [-0.15, -0.1) is 0 Å². The van der Waals surface area contributed by atoms with Crippen molar-refractivity contribution < 1.29 is 4.74 Å². The van der Waals surface area contributed by atoms with E-state index >= 15 is 0 Å². The molecule has 0 amide bonds. The normalized spacial score (nSPS) is 14.8. The minimum Gasteiger partial charge on any atom is -0.486 e. The Morgan fingerprint density at radius 1 is 1.29 bits per heavy atom. The molecule has 0 fully saturated rings. The van der Waals surface area contributed by atoms with E-state index in [-0.39, 0.29) is 5.60 Å². The van der Waals surface area contributed by atoms with E-state index in [0.29, 0.717) is 0 Å². The highest BCUT2D eigenvalue weighted by Crippen LogP contribution is 2.19. The van der Waals surface area contributed by atoms with Crippen LogP contribution in [0, 0.1) is 0 Å². The molecule has 0 saturated heterocycles. The topological polar surface area (TPSA) is 21.3 Å². The first kappa shape index (κ1) is 11.1. The van der Waals surface area contributed by atoms with Crippen LogP contribution in [0.2, 0.25) is 0 Å². The summed E-state index contributed by atoms with van der Waals surface area (Å²) in [5, 5.41) is 3.15. The van der Waals surface area contributed by atoms with Crippen LogP contribution in [-0.2, 0) is 0 Å². The van der Waals surface area contributed by atoms with Gasteiger partial charge in [0.2, 0.25) is 0 Å². The van der Waals surface area contributed by atoms with Crippen LogP contribution in [0.25, 0.3) is 0 Å². The second kappa shape index (κ2) is 5.01. The van der Waals surface area contributed by atoms with Gasteiger partial charge >= 0.3 is 0 Å². The van der Waals surface area contributed by atoms with Gasteiger partial charge in [0.25, 0.3) is 0 Å². The second-order valence-electron chi connectivity index (χ2n) is 3.75. The van der Waals surface area contributed by atoms with Gasteiger partial charge in [-0.1, -0.05) is 25.1 Å². The van der Waals surface area contributed by atoms with Crippen LogP contribution in [0.1, 0.15) is 20.3 Å². The summed E-state index contributed by atoms with van der Waals surface area (Å²) in [5.74, 6) is 0.937. The lowest BCUT2D eigenvalue weighted by molar-refractivity contribution is 0.0858. The fourth-order valence-corrected chi connectivity index (χ4v) is 1.38. The Morgan fingerprint density at radius 2 is 1.93 bits per heavy atom. The average Bonchev–Trinajstić information content (AvgIpc) is 2.20. The Hall–Kier alpha value is -1.02. The van der Waals surface area contributed by atoms with Gasteiger partial charge in [-0.25, -0.2) is 0 Å². The lowest BCUT2D eigenvalue weighted by atomic mass is 10.0. The van der Waals surface area contributed by atoms with Crippen LogP contribution < -0.4 is 10.1 Å². The Balaban J connectivity index is 2.65. The van der Waals surface area contributed by atoms with Crippen molar-refractivity contribution in [2.75, 3.05) is 13.6 Å². The van der Waals surface area contributed by atoms with E-state index in [1.807, 2.05) is 37.4 Å². The Kier molecular flexibility index (Phi) is 3.96. The molecule has 0 saturated carbocycles. The van der Waals surface area contributed by atoms with Gasteiger partial charge in [0.1, 0.15) is 11.4 Å². The summed E-state index contributed by atoms with van der Waals surface area (Å²) < 4.78 is 5.93. The Morgan fingerprint density at radius 3 is 2.43 bits per heavy atom. The lowest BCUT2D eigenvalue weighted by Gasteiger charge is -2.29. The molecule has 0 bridgehead atoms. The fourth-order valence-electron chi connectivity index (χ4n) is 1.38. The van der Waals surface area contributed by atoms with Crippen LogP contribution in [0.5, 0.6) is 5.75 Å². The molecule has 1 aromatic carbocycles. The monoisotopic (exact) mass is 193 g/mol. The molecule has 0 aliphatic heterocycles. The first-order valence-electron chi connectivity index (χ1n) is 5.09. The van der Waals surface area contributed by atoms with Crippen molar-refractivity contribution in [2.24, 2.45) is 0 Å². The summed E-state index contributed by atoms with van der Waals surface area (Å²) in [5.41, 5.74) is -0.115. The van der Waals surface area contributed by atoms with Crippen molar-refractivity contribution in [1.82, 2.24) is 5.32 Å². The van der Waals surface area contributed by atoms with Crippen molar-refractivity contribution in [1.29, 1.82) is 0 Å². The number of para-hydroxylation sites is 1. The molecule has 1 rings (SSSR count). The molecule has 1 N–H and O–H groups in total. The van der Waals surface area contributed by atoms with Gasteiger partial charge in [-0.05, 0) is 32.5 Å². The maximum atomic E-state index is 5.93. The third-order valence-electron chi connectivity index (χ3n) is 2.41. The van der Waals surface area contributed by atoms with Gasteiger partial charge in [0, 0.05) is 6.54 Å². The summed E-state index contributed by atoms with van der Waals surface area (Å²) in [6, 6.07) is 9.96. The molecule has 0 spiro atoms. The van der Waals surface area contributed by atoms with Crippen molar-refractivity contribution in [3.05, 3.63) is 30.3 Å². The lowest BCUT2D eigenvalue weighted by Crippen LogP contribution is -2.41. The van der Waals surface area contributed by atoms with E-state index in [4.69, 9.17) is 4.74 Å². The minimum atomic E-state index is -0.115. The van der Waals surface area contributed by atoms with Gasteiger partial charge in [-0.2, -0.15) is 0 Å². The van der Waals surface area contributed by atoms with Crippen LogP contribution in [0.4, 0.5) is 0 Å². The highest BCUT2D eigenvalue weighted by Gasteiger charge is 2.22. The van der Waals surface area contributed by atoms with Gasteiger partial charge < -0.3 is 10.1 Å². The van der Waals surface area contributed by atoms with E-state index < -0.39 is 0 Å².